The van der Waals surface area contributed by atoms with Crippen LogP contribution in [0, 0.1) is 0 Å². The van der Waals surface area contributed by atoms with Crippen molar-refractivity contribution in [2.24, 2.45) is 5.73 Å². The lowest BCUT2D eigenvalue weighted by Crippen LogP contribution is -2.32. The Balaban J connectivity index is 0.000000737. The normalized spacial score (nSPS) is 11.1. The van der Waals surface area contributed by atoms with Crippen molar-refractivity contribution in [2.75, 3.05) is 59.9 Å². The third kappa shape index (κ3) is 19.2. The minimum Gasteiger partial charge on any atom is -0.333 e. The van der Waals surface area contributed by atoms with E-state index in [1.807, 2.05) is 7.05 Å². The molecule has 0 aliphatic rings. The van der Waals surface area contributed by atoms with Crippen molar-refractivity contribution in [3.8, 4) is 0 Å². The summed E-state index contributed by atoms with van der Waals surface area (Å²) in [5.41, 5.74) is 10.4. The summed E-state index contributed by atoms with van der Waals surface area (Å²) in [5, 5.41) is 3.24. The molecule has 4 nitrogen and oxygen atoms in total. The van der Waals surface area contributed by atoms with Gasteiger partial charge in [0.25, 0.3) is 0 Å². The van der Waals surface area contributed by atoms with E-state index in [9.17, 15) is 0 Å². The van der Waals surface area contributed by atoms with Gasteiger partial charge in [-0.25, -0.2) is 0 Å². The maximum absolute atomic E-state index is 4.50. The molecule has 41 heavy (non-hydrogen) atoms. The number of rotatable bonds is 19. The summed E-state index contributed by atoms with van der Waals surface area (Å²) in [5.74, 6) is 1.26. The standard InChI is InChI=1S/C18H32N2.C18H31N.CH5N/c1-5-12-20(14-11-19-4)13-7-9-17-8-6-10-18(15-17)16(2)3;1-5-13-19(14-6-2)15-7-8-17-9-11-18(12-10-17)16(3)4;1-2/h6,8,10,15-16,19H,5,7,9,11-14H2,1-4H3;9-12,16H,5-8,13-15H2,1-4H3;2H2,1H3. The van der Waals surface area contributed by atoms with Crippen LogP contribution in [-0.4, -0.2) is 69.7 Å². The van der Waals surface area contributed by atoms with E-state index in [2.05, 4.69) is 118 Å². The first kappa shape index (κ1) is 39.3. The molecular weight excluding hydrogens is 500 g/mol. The molecule has 4 heteroatoms. The van der Waals surface area contributed by atoms with Gasteiger partial charge in [-0.15, -0.1) is 0 Å². The average molecular weight is 569 g/mol. The Morgan fingerprint density at radius 3 is 1.56 bits per heavy atom. The van der Waals surface area contributed by atoms with Gasteiger partial charge in [-0.3, -0.25) is 0 Å². The Morgan fingerprint density at radius 1 is 0.610 bits per heavy atom. The second kappa shape index (κ2) is 25.9. The summed E-state index contributed by atoms with van der Waals surface area (Å²) in [6, 6.07) is 18.3. The van der Waals surface area contributed by atoms with Gasteiger partial charge in [0.15, 0.2) is 0 Å². The SMILES string of the molecule is CCCN(CCC)CCCc1ccc(C(C)C)cc1.CCCN(CCCc1cccc(C(C)C)c1)CCNC.CN. The van der Waals surface area contributed by atoms with E-state index >= 15 is 0 Å². The van der Waals surface area contributed by atoms with Crippen molar-refractivity contribution in [3.63, 3.8) is 0 Å². The second-order valence-corrected chi connectivity index (χ2v) is 11.8. The zero-order chi connectivity index (χ0) is 30.9. The molecule has 0 amide bonds. The first-order chi connectivity index (χ1) is 19.8. The average Bonchev–Trinajstić information content (AvgIpc) is 2.98. The molecule has 3 N–H and O–H groups in total. The van der Waals surface area contributed by atoms with Gasteiger partial charge in [-0.05, 0) is 126 Å². The predicted octanol–water partition coefficient (Wildman–Crippen LogP) is 8.11. The molecule has 0 saturated heterocycles. The van der Waals surface area contributed by atoms with Gasteiger partial charge in [0.05, 0.1) is 0 Å². The molecule has 0 fully saturated rings. The molecule has 0 heterocycles. The number of hydrogen-bond donors (Lipinski definition) is 2. The highest BCUT2D eigenvalue weighted by molar-refractivity contribution is 5.26. The van der Waals surface area contributed by atoms with Crippen LogP contribution < -0.4 is 11.1 Å². The van der Waals surface area contributed by atoms with Crippen molar-refractivity contribution in [2.45, 2.75) is 105 Å². The molecular formula is C37H68N4. The van der Waals surface area contributed by atoms with Gasteiger partial charge in [0.1, 0.15) is 0 Å². The number of benzene rings is 2. The molecule has 2 aromatic carbocycles. The molecule has 0 aromatic heterocycles. The van der Waals surface area contributed by atoms with Crippen LogP contribution in [0.15, 0.2) is 48.5 Å². The maximum atomic E-state index is 4.50. The van der Waals surface area contributed by atoms with Crippen LogP contribution in [0.1, 0.15) is 115 Å². The highest BCUT2D eigenvalue weighted by Gasteiger charge is 2.05. The van der Waals surface area contributed by atoms with Crippen LogP contribution in [0.5, 0.6) is 0 Å². The zero-order valence-electron chi connectivity index (χ0n) is 28.6. The minimum atomic E-state index is 0.627. The van der Waals surface area contributed by atoms with Crippen molar-refractivity contribution in [1.29, 1.82) is 0 Å². The number of likely N-dealkylation sites (N-methyl/N-ethyl adjacent to an activating group) is 1. The lowest BCUT2D eigenvalue weighted by Gasteiger charge is -2.21. The summed E-state index contributed by atoms with van der Waals surface area (Å²) >= 11 is 0. The Hall–Kier alpha value is -1.72. The molecule has 0 spiro atoms. The molecule has 2 rings (SSSR count). The molecule has 0 radical (unpaired) electrons. The van der Waals surface area contributed by atoms with Crippen LogP contribution >= 0.6 is 0 Å². The van der Waals surface area contributed by atoms with Gasteiger partial charge in [0, 0.05) is 13.1 Å². The molecule has 0 saturated carbocycles. The first-order valence-electron chi connectivity index (χ1n) is 16.7. The fraction of sp³-hybridized carbons (Fsp3) is 0.676. The molecule has 0 bridgehead atoms. The third-order valence-corrected chi connectivity index (χ3v) is 7.44. The van der Waals surface area contributed by atoms with Crippen molar-refractivity contribution in [3.05, 3.63) is 70.8 Å². The van der Waals surface area contributed by atoms with E-state index in [1.54, 1.807) is 0 Å². The second-order valence-electron chi connectivity index (χ2n) is 11.8. The number of nitrogens with two attached hydrogens (primary N) is 1. The number of aryl methyl sites for hydroxylation is 2. The smallest absolute Gasteiger partial charge is 0.0107 e. The monoisotopic (exact) mass is 569 g/mol. The van der Waals surface area contributed by atoms with Crippen LogP contribution in [0.2, 0.25) is 0 Å². The molecule has 236 valence electrons. The number of hydrogen-bond acceptors (Lipinski definition) is 4. The van der Waals surface area contributed by atoms with Gasteiger partial charge in [0.2, 0.25) is 0 Å². The van der Waals surface area contributed by atoms with Crippen molar-refractivity contribution >= 4 is 0 Å². The van der Waals surface area contributed by atoms with Gasteiger partial charge < -0.3 is 20.9 Å². The summed E-state index contributed by atoms with van der Waals surface area (Å²) in [4.78, 5) is 5.17. The topological polar surface area (TPSA) is 44.5 Å². The molecule has 2 aromatic rings. The van der Waals surface area contributed by atoms with Crippen LogP contribution in [-0.2, 0) is 12.8 Å². The summed E-state index contributed by atoms with van der Waals surface area (Å²) in [6.45, 7) is 24.3. The van der Waals surface area contributed by atoms with E-state index in [-0.39, 0.29) is 0 Å². The third-order valence-electron chi connectivity index (χ3n) is 7.44. The lowest BCUT2D eigenvalue weighted by molar-refractivity contribution is 0.271. The highest BCUT2D eigenvalue weighted by atomic mass is 15.1. The first-order valence-corrected chi connectivity index (χ1v) is 16.7. The number of nitrogens with zero attached hydrogens (tertiary/aromatic N) is 2. The van der Waals surface area contributed by atoms with Crippen LogP contribution in [0.4, 0.5) is 0 Å². The largest absolute Gasteiger partial charge is 0.333 e. The summed E-state index contributed by atoms with van der Waals surface area (Å²) in [7, 11) is 3.53. The quantitative estimate of drug-likeness (QED) is 0.180. The lowest BCUT2D eigenvalue weighted by atomic mass is 9.99. The fourth-order valence-electron chi connectivity index (χ4n) is 5.08. The Bertz CT molecular complexity index is 825. The minimum absolute atomic E-state index is 0.627. The van der Waals surface area contributed by atoms with E-state index in [0.29, 0.717) is 11.8 Å². The molecule has 0 unspecified atom stereocenters. The summed E-state index contributed by atoms with van der Waals surface area (Å²) in [6.07, 6.45) is 8.72. The van der Waals surface area contributed by atoms with Crippen molar-refractivity contribution in [1.82, 2.24) is 15.1 Å². The predicted molar refractivity (Wildman–Crippen MR) is 185 cm³/mol. The van der Waals surface area contributed by atoms with Gasteiger partial charge >= 0.3 is 0 Å². The van der Waals surface area contributed by atoms with Crippen LogP contribution in [0.25, 0.3) is 0 Å². The molecule has 0 atom stereocenters. The Morgan fingerprint density at radius 2 is 1.10 bits per heavy atom. The van der Waals surface area contributed by atoms with Gasteiger partial charge in [-0.2, -0.15) is 0 Å². The molecule has 0 aliphatic heterocycles. The zero-order valence-corrected chi connectivity index (χ0v) is 28.6. The van der Waals surface area contributed by atoms with E-state index in [1.165, 1.54) is 107 Å². The highest BCUT2D eigenvalue weighted by Crippen LogP contribution is 2.17. The van der Waals surface area contributed by atoms with Gasteiger partial charge in [-0.1, -0.05) is 97.0 Å². The van der Waals surface area contributed by atoms with Crippen LogP contribution in [0.3, 0.4) is 0 Å². The van der Waals surface area contributed by atoms with E-state index in [4.69, 9.17) is 0 Å². The van der Waals surface area contributed by atoms with Crippen molar-refractivity contribution < 1.29 is 0 Å². The number of nitrogens with one attached hydrogen (secondary N) is 1. The van der Waals surface area contributed by atoms with E-state index in [0.717, 1.165) is 13.1 Å². The molecule has 0 aliphatic carbocycles. The van der Waals surface area contributed by atoms with E-state index < -0.39 is 0 Å². The Kier molecular flexibility index (Phi) is 24.9. The Labute approximate surface area is 256 Å². The fourth-order valence-corrected chi connectivity index (χ4v) is 5.08. The maximum Gasteiger partial charge on any atom is 0.0107 e. The summed E-state index contributed by atoms with van der Waals surface area (Å²) < 4.78 is 0.